The number of esters is 1. The molecule has 0 bridgehead atoms. The highest BCUT2D eigenvalue weighted by molar-refractivity contribution is 6.05. The second-order valence-corrected chi connectivity index (χ2v) is 11.2. The first-order valence-corrected chi connectivity index (χ1v) is 14.8. The predicted molar refractivity (Wildman–Crippen MR) is 156 cm³/mol. The Morgan fingerprint density at radius 2 is 1.81 bits per heavy atom. The maximum absolute atomic E-state index is 14.4. The second-order valence-electron chi connectivity index (χ2n) is 11.2. The Morgan fingerprint density at radius 1 is 1.07 bits per heavy atom. The molecule has 1 aromatic rings. The van der Waals surface area contributed by atoms with Crippen molar-refractivity contribution < 1.29 is 33.8 Å². The first kappa shape index (κ1) is 29.8. The third kappa shape index (κ3) is 5.20. The molecule has 11 nitrogen and oxygen atoms in total. The van der Waals surface area contributed by atoms with Gasteiger partial charge in [0, 0.05) is 44.0 Å². The number of carbonyl (C=O) groups is 4. The van der Waals surface area contributed by atoms with Gasteiger partial charge in [0.2, 0.25) is 11.8 Å². The molecule has 1 spiro atoms. The average Bonchev–Trinajstić information content (AvgIpc) is 3.35. The van der Waals surface area contributed by atoms with Crippen LogP contribution in [0.5, 0.6) is 0 Å². The van der Waals surface area contributed by atoms with Crippen molar-refractivity contribution in [2.45, 2.75) is 57.5 Å². The molecule has 1 aromatic carbocycles. The highest BCUT2D eigenvalue weighted by Gasteiger charge is 2.71. The van der Waals surface area contributed by atoms with Gasteiger partial charge in [-0.15, -0.1) is 0 Å². The van der Waals surface area contributed by atoms with E-state index in [-0.39, 0.29) is 44.5 Å². The van der Waals surface area contributed by atoms with E-state index >= 15 is 0 Å². The number of aliphatic hydroxyl groups is 1. The summed E-state index contributed by atoms with van der Waals surface area (Å²) in [6, 6.07) is 6.64. The van der Waals surface area contributed by atoms with Crippen LogP contribution in [0, 0.1) is 11.8 Å². The fourth-order valence-corrected chi connectivity index (χ4v) is 6.67. The quantitative estimate of drug-likeness (QED) is 0.382. The summed E-state index contributed by atoms with van der Waals surface area (Å²) in [6.07, 6.45) is 6.26. The smallest absolute Gasteiger partial charge is 0.313 e. The lowest BCUT2D eigenvalue weighted by Gasteiger charge is -2.35. The van der Waals surface area contributed by atoms with E-state index in [1.807, 2.05) is 30.3 Å². The van der Waals surface area contributed by atoms with Crippen molar-refractivity contribution in [1.29, 1.82) is 0 Å². The number of ether oxygens (including phenoxy) is 2. The number of nitrogens with one attached hydrogen (secondary N) is 1. The van der Waals surface area contributed by atoms with Gasteiger partial charge >= 0.3 is 5.97 Å². The third-order valence-electron chi connectivity index (χ3n) is 8.66. The van der Waals surface area contributed by atoms with Gasteiger partial charge in [-0.3, -0.25) is 19.2 Å². The van der Waals surface area contributed by atoms with Crippen LogP contribution >= 0.6 is 0 Å². The SMILES string of the molecule is CCN(CC)c1ccc(N2CC=C[C@@]34O[C@H]5/C=C\CCC(=O)NC[C@H](C)OC(=O)[C@H]5[C@@H]3C(=O)N(CCO)[C@H]4C2=O)cc1. The molecular weight excluding hydrogens is 540 g/mol. The first-order valence-electron chi connectivity index (χ1n) is 14.8. The number of cyclic esters (lactones) is 1. The minimum atomic E-state index is -1.44. The monoisotopic (exact) mass is 580 g/mol. The van der Waals surface area contributed by atoms with Crippen LogP contribution in [0.25, 0.3) is 0 Å². The molecule has 4 aliphatic rings. The normalized spacial score (nSPS) is 32.1. The summed E-state index contributed by atoms with van der Waals surface area (Å²) in [7, 11) is 0. The lowest BCUT2D eigenvalue weighted by Crippen LogP contribution is -2.55. The van der Waals surface area contributed by atoms with Gasteiger partial charge in [-0.05, 0) is 51.5 Å². The van der Waals surface area contributed by atoms with Crippen LogP contribution in [-0.4, -0.2) is 96.9 Å². The number of amides is 3. The van der Waals surface area contributed by atoms with Gasteiger partial charge in [0.1, 0.15) is 23.7 Å². The number of carbonyl (C=O) groups excluding carboxylic acids is 4. The molecule has 4 heterocycles. The number of β-amino-alcohol motifs (C(OH)–C–C–N with tert-alkyl or cyclic N) is 1. The van der Waals surface area contributed by atoms with Gasteiger partial charge in [-0.25, -0.2) is 0 Å². The lowest BCUT2D eigenvalue weighted by molar-refractivity contribution is -0.158. The summed E-state index contributed by atoms with van der Waals surface area (Å²) in [4.78, 5) is 59.3. The van der Waals surface area contributed by atoms with Gasteiger partial charge < -0.3 is 34.6 Å². The number of benzene rings is 1. The summed E-state index contributed by atoms with van der Waals surface area (Å²) in [5, 5.41) is 12.6. The fraction of sp³-hybridized carbons (Fsp3) is 0.548. The molecule has 0 aromatic heterocycles. The maximum atomic E-state index is 14.4. The summed E-state index contributed by atoms with van der Waals surface area (Å²) in [6.45, 7) is 7.52. The molecule has 0 radical (unpaired) electrons. The summed E-state index contributed by atoms with van der Waals surface area (Å²) < 4.78 is 12.3. The highest BCUT2D eigenvalue weighted by atomic mass is 16.6. The zero-order chi connectivity index (χ0) is 30.0. The number of allylic oxidation sites excluding steroid dienone is 1. The van der Waals surface area contributed by atoms with Crippen molar-refractivity contribution >= 4 is 35.1 Å². The molecular formula is C31H40N4O7. The number of hydrogen-bond donors (Lipinski definition) is 2. The average molecular weight is 581 g/mol. The number of anilines is 2. The van der Waals surface area contributed by atoms with Crippen molar-refractivity contribution in [2.75, 3.05) is 49.1 Å². The van der Waals surface area contributed by atoms with E-state index in [9.17, 15) is 24.3 Å². The van der Waals surface area contributed by atoms with Crippen LogP contribution in [-0.2, 0) is 28.7 Å². The Kier molecular flexibility index (Phi) is 8.70. The maximum Gasteiger partial charge on any atom is 0.313 e. The van der Waals surface area contributed by atoms with E-state index < -0.39 is 47.6 Å². The Morgan fingerprint density at radius 3 is 2.50 bits per heavy atom. The van der Waals surface area contributed by atoms with Crippen molar-refractivity contribution in [1.82, 2.24) is 10.2 Å². The molecule has 2 N–H and O–H groups in total. The van der Waals surface area contributed by atoms with Crippen molar-refractivity contribution in [3.8, 4) is 0 Å². The standard InChI is InChI=1S/C31H40N4O7/c1-4-33(5-2)21-11-13-22(14-12-21)34-16-8-15-31-26(28(38)35(17-18-36)27(31)29(34)39)25-23(42-31)9-6-7-10-24(37)32-19-20(3)41-30(25)40/h6,8-9,11-15,20,23,25-27,36H,4-5,7,10,16-19H2,1-3H3,(H,32,37)/b9-6-/t20-,23-,25+,26+,27-,31+/m0/s1. The van der Waals surface area contributed by atoms with Crippen LogP contribution in [0.4, 0.5) is 11.4 Å². The van der Waals surface area contributed by atoms with Gasteiger partial charge in [-0.2, -0.15) is 0 Å². The van der Waals surface area contributed by atoms with E-state index in [4.69, 9.17) is 9.47 Å². The van der Waals surface area contributed by atoms with Crippen molar-refractivity contribution in [2.24, 2.45) is 11.8 Å². The van der Waals surface area contributed by atoms with Crippen LogP contribution in [0.2, 0.25) is 0 Å². The summed E-state index contributed by atoms with van der Waals surface area (Å²) >= 11 is 0. The van der Waals surface area contributed by atoms with E-state index in [2.05, 4.69) is 24.1 Å². The van der Waals surface area contributed by atoms with Gasteiger partial charge in [0.25, 0.3) is 5.91 Å². The zero-order valence-electron chi connectivity index (χ0n) is 24.4. The predicted octanol–water partition coefficient (Wildman–Crippen LogP) is 1.41. The topological polar surface area (TPSA) is 129 Å². The van der Waals surface area contributed by atoms with E-state index in [1.54, 1.807) is 30.1 Å². The number of aliphatic hydroxyl groups excluding tert-OH is 1. The van der Waals surface area contributed by atoms with Gasteiger partial charge in [0.15, 0.2) is 0 Å². The fourth-order valence-electron chi connectivity index (χ4n) is 6.67. The highest BCUT2D eigenvalue weighted by Crippen LogP contribution is 2.53. The van der Waals surface area contributed by atoms with Crippen LogP contribution in [0.3, 0.4) is 0 Å². The largest absolute Gasteiger partial charge is 0.460 e. The number of likely N-dealkylation sites (tertiary alicyclic amines) is 1. The Bertz CT molecular complexity index is 1260. The molecule has 226 valence electrons. The summed E-state index contributed by atoms with van der Waals surface area (Å²) in [5.74, 6) is -3.59. The van der Waals surface area contributed by atoms with Crippen LogP contribution in [0.15, 0.2) is 48.6 Å². The number of rotatable bonds is 6. The molecule has 3 amide bonds. The minimum Gasteiger partial charge on any atom is -0.460 e. The molecule has 0 unspecified atom stereocenters. The van der Waals surface area contributed by atoms with E-state index in [0.717, 1.165) is 18.8 Å². The summed E-state index contributed by atoms with van der Waals surface area (Å²) in [5.41, 5.74) is 0.281. The van der Waals surface area contributed by atoms with Crippen LogP contribution in [0.1, 0.15) is 33.6 Å². The molecule has 11 heteroatoms. The van der Waals surface area contributed by atoms with Crippen molar-refractivity contribution in [3.05, 3.63) is 48.6 Å². The molecule has 6 atom stereocenters. The molecule has 5 rings (SSSR count). The first-order chi connectivity index (χ1) is 20.2. The molecule has 0 aliphatic carbocycles. The lowest BCUT2D eigenvalue weighted by atomic mass is 9.78. The minimum absolute atomic E-state index is 0.0792. The zero-order valence-corrected chi connectivity index (χ0v) is 24.4. The van der Waals surface area contributed by atoms with Crippen molar-refractivity contribution in [3.63, 3.8) is 0 Å². The second kappa shape index (κ2) is 12.3. The Hall–Kier alpha value is -3.70. The Balaban J connectivity index is 1.53. The molecule has 4 aliphatic heterocycles. The molecule has 42 heavy (non-hydrogen) atoms. The molecule has 2 fully saturated rings. The number of hydrogen-bond acceptors (Lipinski definition) is 8. The van der Waals surface area contributed by atoms with Gasteiger partial charge in [-0.1, -0.05) is 24.3 Å². The number of fused-ring (bicyclic) bond motifs is 2. The Labute approximate surface area is 246 Å². The number of nitrogens with zero attached hydrogens (tertiary/aromatic N) is 3. The molecule has 0 saturated carbocycles. The van der Waals surface area contributed by atoms with E-state index in [0.29, 0.717) is 12.1 Å². The van der Waals surface area contributed by atoms with Gasteiger partial charge in [0.05, 0.1) is 25.2 Å². The van der Waals surface area contributed by atoms with Crippen LogP contribution < -0.4 is 15.1 Å². The molecule has 2 saturated heterocycles. The third-order valence-corrected chi connectivity index (χ3v) is 8.66. The van der Waals surface area contributed by atoms with E-state index in [1.165, 1.54) is 4.90 Å².